The quantitative estimate of drug-likeness (QED) is 0.598. The molecule has 1 saturated heterocycles. The molecule has 0 aromatic rings. The normalized spacial score (nSPS) is 28.4. The summed E-state index contributed by atoms with van der Waals surface area (Å²) in [6.45, 7) is 6.63. The van der Waals surface area contributed by atoms with E-state index in [1.807, 2.05) is 6.92 Å². The van der Waals surface area contributed by atoms with Crippen LogP contribution in [0.5, 0.6) is 0 Å². The van der Waals surface area contributed by atoms with Gasteiger partial charge in [0.1, 0.15) is 0 Å². The van der Waals surface area contributed by atoms with Gasteiger partial charge in [-0.1, -0.05) is 13.3 Å². The molecule has 3 nitrogen and oxygen atoms in total. The van der Waals surface area contributed by atoms with Gasteiger partial charge in [-0.2, -0.15) is 0 Å². The molecule has 0 amide bonds. The Morgan fingerprint density at radius 2 is 2.31 bits per heavy atom. The van der Waals surface area contributed by atoms with Crippen LogP contribution in [-0.4, -0.2) is 36.4 Å². The van der Waals surface area contributed by atoms with Crippen LogP contribution in [0, 0.1) is 0 Å². The fraction of sp³-hybridized carbons (Fsp3) is 1.00. The largest absolute Gasteiger partial charge is 0.387 e. The number of hydrogen-bond donors (Lipinski definition) is 3. The summed E-state index contributed by atoms with van der Waals surface area (Å²) in [6.07, 6.45) is 3.58. The number of rotatable bonds is 4. The monoisotopic (exact) mass is 186 g/mol. The van der Waals surface area contributed by atoms with Crippen LogP contribution in [0.25, 0.3) is 0 Å². The van der Waals surface area contributed by atoms with Crippen molar-refractivity contribution in [2.45, 2.75) is 44.8 Å². The third-order valence-electron chi connectivity index (χ3n) is 2.79. The Morgan fingerprint density at radius 3 is 2.85 bits per heavy atom. The van der Waals surface area contributed by atoms with Gasteiger partial charge in [-0.05, 0) is 32.9 Å². The second-order valence-corrected chi connectivity index (χ2v) is 4.14. The molecule has 78 valence electrons. The summed E-state index contributed by atoms with van der Waals surface area (Å²) in [5, 5.41) is 16.7. The molecule has 1 rings (SSSR count). The molecular formula is C10H22N2O. The van der Waals surface area contributed by atoms with Crippen molar-refractivity contribution in [2.24, 2.45) is 0 Å². The lowest BCUT2D eigenvalue weighted by atomic mass is 9.89. The van der Waals surface area contributed by atoms with E-state index in [9.17, 15) is 5.11 Å². The summed E-state index contributed by atoms with van der Waals surface area (Å²) >= 11 is 0. The zero-order valence-electron chi connectivity index (χ0n) is 8.77. The first-order valence-electron chi connectivity index (χ1n) is 5.33. The van der Waals surface area contributed by atoms with E-state index in [4.69, 9.17) is 0 Å². The van der Waals surface area contributed by atoms with Crippen LogP contribution in [0.15, 0.2) is 0 Å². The summed E-state index contributed by atoms with van der Waals surface area (Å²) in [6, 6.07) is 0.264. The van der Waals surface area contributed by atoms with E-state index in [0.29, 0.717) is 6.54 Å². The minimum absolute atomic E-state index is 0.264. The molecule has 3 heteroatoms. The number of nitrogens with one attached hydrogen (secondary N) is 2. The van der Waals surface area contributed by atoms with Crippen molar-refractivity contribution in [1.82, 2.24) is 10.6 Å². The van der Waals surface area contributed by atoms with Gasteiger partial charge >= 0.3 is 0 Å². The molecule has 0 aromatic carbocycles. The highest BCUT2D eigenvalue weighted by Gasteiger charge is 2.31. The maximum absolute atomic E-state index is 10.1. The maximum Gasteiger partial charge on any atom is 0.0895 e. The number of aliphatic hydroxyl groups is 1. The highest BCUT2D eigenvalue weighted by Crippen LogP contribution is 2.18. The summed E-state index contributed by atoms with van der Waals surface area (Å²) < 4.78 is 0. The number of likely N-dealkylation sites (N-methyl/N-ethyl adjacent to an activating group) is 1. The van der Waals surface area contributed by atoms with Crippen LogP contribution in [0.4, 0.5) is 0 Å². The molecule has 0 spiro atoms. The summed E-state index contributed by atoms with van der Waals surface area (Å²) in [7, 11) is 0. The van der Waals surface area contributed by atoms with Gasteiger partial charge in [0.15, 0.2) is 0 Å². The Morgan fingerprint density at radius 1 is 1.54 bits per heavy atom. The molecule has 0 bridgehead atoms. The Balaban J connectivity index is 2.36. The molecule has 13 heavy (non-hydrogen) atoms. The minimum atomic E-state index is -0.601. The third kappa shape index (κ3) is 3.25. The number of piperidine rings is 1. The molecule has 3 N–H and O–H groups in total. The van der Waals surface area contributed by atoms with Gasteiger partial charge in [0.25, 0.3) is 0 Å². The van der Waals surface area contributed by atoms with Crippen LogP contribution < -0.4 is 10.6 Å². The first kappa shape index (κ1) is 11.0. The predicted molar refractivity (Wildman–Crippen MR) is 54.8 cm³/mol. The van der Waals surface area contributed by atoms with Crippen LogP contribution in [0.3, 0.4) is 0 Å². The highest BCUT2D eigenvalue weighted by atomic mass is 16.3. The van der Waals surface area contributed by atoms with Gasteiger partial charge in [-0.25, -0.2) is 0 Å². The van der Waals surface area contributed by atoms with E-state index < -0.39 is 5.60 Å². The zero-order valence-corrected chi connectivity index (χ0v) is 8.77. The van der Waals surface area contributed by atoms with Crippen LogP contribution in [-0.2, 0) is 0 Å². The van der Waals surface area contributed by atoms with Crippen molar-refractivity contribution in [2.75, 3.05) is 19.6 Å². The van der Waals surface area contributed by atoms with E-state index in [2.05, 4.69) is 17.6 Å². The fourth-order valence-corrected chi connectivity index (χ4v) is 1.88. The molecule has 2 atom stereocenters. The first-order chi connectivity index (χ1) is 6.17. The average Bonchev–Trinajstić information content (AvgIpc) is 2.16. The Labute approximate surface area is 80.9 Å². The molecule has 0 saturated carbocycles. The van der Waals surface area contributed by atoms with E-state index in [0.717, 1.165) is 19.5 Å². The maximum atomic E-state index is 10.1. The Hall–Kier alpha value is -0.120. The van der Waals surface area contributed by atoms with Gasteiger partial charge in [0.2, 0.25) is 0 Å². The van der Waals surface area contributed by atoms with Crippen LogP contribution in [0.1, 0.15) is 33.1 Å². The second-order valence-electron chi connectivity index (χ2n) is 4.14. The van der Waals surface area contributed by atoms with Gasteiger partial charge < -0.3 is 15.7 Å². The van der Waals surface area contributed by atoms with E-state index in [1.165, 1.54) is 12.8 Å². The van der Waals surface area contributed by atoms with Crippen LogP contribution >= 0.6 is 0 Å². The van der Waals surface area contributed by atoms with Crippen molar-refractivity contribution in [3.05, 3.63) is 0 Å². The molecule has 1 heterocycles. The van der Waals surface area contributed by atoms with Gasteiger partial charge in [-0.15, -0.1) is 0 Å². The third-order valence-corrected chi connectivity index (χ3v) is 2.79. The van der Waals surface area contributed by atoms with Crippen molar-refractivity contribution in [3.63, 3.8) is 0 Å². The van der Waals surface area contributed by atoms with Crippen molar-refractivity contribution in [1.29, 1.82) is 0 Å². The molecule has 0 aromatic heterocycles. The molecule has 1 fully saturated rings. The summed E-state index contributed by atoms with van der Waals surface area (Å²) in [4.78, 5) is 0. The predicted octanol–water partition coefficient (Wildman–Crippen LogP) is 0.489. The molecule has 0 radical (unpaired) electrons. The molecule has 1 aliphatic rings. The fourth-order valence-electron chi connectivity index (χ4n) is 1.88. The molecular weight excluding hydrogens is 164 g/mol. The Bertz CT molecular complexity index is 142. The molecule has 0 aliphatic carbocycles. The average molecular weight is 186 g/mol. The highest BCUT2D eigenvalue weighted by molar-refractivity contribution is 4.91. The van der Waals surface area contributed by atoms with Gasteiger partial charge in [0.05, 0.1) is 5.60 Å². The van der Waals surface area contributed by atoms with E-state index in [-0.39, 0.29) is 6.04 Å². The topological polar surface area (TPSA) is 44.3 Å². The summed E-state index contributed by atoms with van der Waals surface area (Å²) in [5.41, 5.74) is -0.601. The lowest BCUT2D eigenvalue weighted by Crippen LogP contribution is -2.55. The SMILES string of the molecule is CCNCC(C)(O)C1CCCCN1. The van der Waals surface area contributed by atoms with E-state index in [1.54, 1.807) is 0 Å². The van der Waals surface area contributed by atoms with Crippen molar-refractivity contribution in [3.8, 4) is 0 Å². The second kappa shape index (κ2) is 4.94. The summed E-state index contributed by atoms with van der Waals surface area (Å²) in [5.74, 6) is 0. The lowest BCUT2D eigenvalue weighted by Gasteiger charge is -2.36. The van der Waals surface area contributed by atoms with Crippen LogP contribution in [0.2, 0.25) is 0 Å². The zero-order chi connectivity index (χ0) is 9.73. The van der Waals surface area contributed by atoms with Crippen molar-refractivity contribution >= 4 is 0 Å². The smallest absolute Gasteiger partial charge is 0.0895 e. The molecule has 2 unspecified atom stereocenters. The lowest BCUT2D eigenvalue weighted by molar-refractivity contribution is 0.0112. The van der Waals surface area contributed by atoms with E-state index >= 15 is 0 Å². The Kier molecular flexibility index (Phi) is 4.16. The first-order valence-corrected chi connectivity index (χ1v) is 5.33. The van der Waals surface area contributed by atoms with Gasteiger partial charge in [-0.3, -0.25) is 0 Å². The van der Waals surface area contributed by atoms with Crippen molar-refractivity contribution < 1.29 is 5.11 Å². The molecule has 1 aliphatic heterocycles. The van der Waals surface area contributed by atoms with Gasteiger partial charge in [0, 0.05) is 12.6 Å². The minimum Gasteiger partial charge on any atom is -0.387 e. The standard InChI is InChI=1S/C10H22N2O/c1-3-11-8-10(2,13)9-6-4-5-7-12-9/h9,11-13H,3-8H2,1-2H3. The number of hydrogen-bond acceptors (Lipinski definition) is 3.